The molecule has 1 amide bonds. The molecule has 1 N–H and O–H groups in total. The third-order valence-electron chi connectivity index (χ3n) is 4.93. The summed E-state index contributed by atoms with van der Waals surface area (Å²) in [6.07, 6.45) is 6.10. The van der Waals surface area contributed by atoms with Crippen LogP contribution in [0.5, 0.6) is 0 Å². The van der Waals surface area contributed by atoms with E-state index in [4.69, 9.17) is 0 Å². The van der Waals surface area contributed by atoms with E-state index in [0.29, 0.717) is 18.4 Å². The number of nitrogens with zero attached hydrogens (tertiary/aromatic N) is 5. The molecule has 0 bridgehead atoms. The van der Waals surface area contributed by atoms with Gasteiger partial charge in [-0.25, -0.2) is 0 Å². The topological polar surface area (TPSA) is 75.9 Å². The number of carbonyl (C=O) groups is 1. The number of carbonyl (C=O) groups excluding carboxylic acids is 1. The second kappa shape index (κ2) is 6.84. The lowest BCUT2D eigenvalue weighted by molar-refractivity contribution is -0.117. The minimum atomic E-state index is -0.0455. The zero-order valence-electron chi connectivity index (χ0n) is 15.0. The summed E-state index contributed by atoms with van der Waals surface area (Å²) in [5.74, 6) is 0.438. The molecule has 1 aliphatic rings. The molecule has 0 saturated carbocycles. The molecule has 7 nitrogen and oxygen atoms in total. The van der Waals surface area contributed by atoms with E-state index in [1.54, 1.807) is 4.68 Å². The van der Waals surface area contributed by atoms with Crippen LogP contribution in [-0.2, 0) is 11.8 Å². The summed E-state index contributed by atoms with van der Waals surface area (Å²) >= 11 is 0. The second-order valence-corrected chi connectivity index (χ2v) is 6.92. The predicted octanol–water partition coefficient (Wildman–Crippen LogP) is 2.45. The van der Waals surface area contributed by atoms with Crippen LogP contribution in [0, 0.1) is 0 Å². The van der Waals surface area contributed by atoms with Crippen molar-refractivity contribution < 1.29 is 4.79 Å². The minimum absolute atomic E-state index is 0.0455. The van der Waals surface area contributed by atoms with Gasteiger partial charge in [-0.2, -0.15) is 5.10 Å². The zero-order valence-corrected chi connectivity index (χ0v) is 15.0. The first-order valence-electron chi connectivity index (χ1n) is 8.89. The quantitative estimate of drug-likeness (QED) is 0.782. The van der Waals surface area contributed by atoms with Gasteiger partial charge in [0.25, 0.3) is 0 Å². The minimum Gasteiger partial charge on any atom is -0.308 e. The van der Waals surface area contributed by atoms with Gasteiger partial charge in [-0.1, -0.05) is 6.07 Å². The van der Waals surface area contributed by atoms with Gasteiger partial charge in [0.1, 0.15) is 0 Å². The van der Waals surface area contributed by atoms with Gasteiger partial charge in [-0.05, 0) is 50.1 Å². The van der Waals surface area contributed by atoms with E-state index in [0.717, 1.165) is 41.4 Å². The second-order valence-electron chi connectivity index (χ2n) is 6.92. The Labute approximate surface area is 152 Å². The summed E-state index contributed by atoms with van der Waals surface area (Å²) in [4.78, 5) is 14.5. The van der Waals surface area contributed by atoms with Crippen molar-refractivity contribution in [1.29, 1.82) is 0 Å². The van der Waals surface area contributed by atoms with Crippen LogP contribution in [0.4, 0.5) is 5.82 Å². The molecule has 1 aliphatic heterocycles. The number of aromatic nitrogens is 4. The van der Waals surface area contributed by atoms with Gasteiger partial charge in [0.05, 0.1) is 18.3 Å². The molecule has 0 spiro atoms. The Balaban J connectivity index is 1.53. The Kier molecular flexibility index (Phi) is 4.38. The fourth-order valence-electron chi connectivity index (χ4n) is 3.45. The van der Waals surface area contributed by atoms with Crippen LogP contribution in [0.15, 0.2) is 36.7 Å². The summed E-state index contributed by atoms with van der Waals surface area (Å²) < 4.78 is 1.77. The van der Waals surface area contributed by atoms with Crippen molar-refractivity contribution in [2.24, 2.45) is 7.05 Å². The molecule has 3 aromatic rings. The van der Waals surface area contributed by atoms with E-state index in [9.17, 15) is 4.79 Å². The number of fused-ring (bicyclic) bond motifs is 1. The monoisotopic (exact) mass is 350 g/mol. The van der Waals surface area contributed by atoms with Gasteiger partial charge in [-0.3, -0.25) is 14.4 Å². The number of rotatable bonds is 4. The molecule has 26 heavy (non-hydrogen) atoms. The Hall–Kier alpha value is -2.80. The highest BCUT2D eigenvalue weighted by Crippen LogP contribution is 2.24. The van der Waals surface area contributed by atoms with Crippen molar-refractivity contribution >= 4 is 22.6 Å². The average molecular weight is 350 g/mol. The lowest BCUT2D eigenvalue weighted by Crippen LogP contribution is -2.35. The zero-order chi connectivity index (χ0) is 18.1. The van der Waals surface area contributed by atoms with Crippen molar-refractivity contribution in [2.75, 3.05) is 18.4 Å². The van der Waals surface area contributed by atoms with Crippen LogP contribution >= 0.6 is 0 Å². The number of nitrogens with one attached hydrogen (secondary N) is 1. The van der Waals surface area contributed by atoms with E-state index in [2.05, 4.69) is 32.4 Å². The number of aryl methyl sites for hydroxylation is 1. The maximum atomic E-state index is 12.3. The van der Waals surface area contributed by atoms with Crippen molar-refractivity contribution in [2.45, 2.75) is 25.8 Å². The Morgan fingerprint density at radius 3 is 2.88 bits per heavy atom. The number of hydrogen-bond acceptors (Lipinski definition) is 5. The standard InChI is InChI=1S/C19H22N6O/c1-13-4-3-7-25(13)12-19(26)21-18-9-15-8-14(5-6-17(15)22-23-18)16-10-20-24(2)11-16/h5-6,8-11,13H,3-4,7,12H2,1-2H3,(H,21,23,26). The van der Waals surface area contributed by atoms with E-state index < -0.39 is 0 Å². The third kappa shape index (κ3) is 3.43. The van der Waals surface area contributed by atoms with Gasteiger partial charge < -0.3 is 5.32 Å². The van der Waals surface area contributed by atoms with E-state index in [1.165, 1.54) is 0 Å². The lowest BCUT2D eigenvalue weighted by Gasteiger charge is -2.19. The summed E-state index contributed by atoms with van der Waals surface area (Å²) in [5.41, 5.74) is 2.89. The van der Waals surface area contributed by atoms with Crippen LogP contribution < -0.4 is 5.32 Å². The number of hydrogen-bond donors (Lipinski definition) is 1. The molecule has 1 atom stereocenters. The number of anilines is 1. The first-order chi connectivity index (χ1) is 12.6. The first kappa shape index (κ1) is 16.7. The van der Waals surface area contributed by atoms with Crippen LogP contribution in [0.3, 0.4) is 0 Å². The van der Waals surface area contributed by atoms with Crippen LogP contribution in [0.1, 0.15) is 19.8 Å². The molecule has 4 rings (SSSR count). The fraction of sp³-hybridized carbons (Fsp3) is 0.368. The molecular formula is C19H22N6O. The summed E-state index contributed by atoms with van der Waals surface area (Å²) in [7, 11) is 1.89. The SMILES string of the molecule is CC1CCCN1CC(=O)Nc1cc2cc(-c3cnn(C)c3)ccc2nn1. The first-order valence-corrected chi connectivity index (χ1v) is 8.89. The smallest absolute Gasteiger partial charge is 0.239 e. The highest BCUT2D eigenvalue weighted by atomic mass is 16.2. The fourth-order valence-corrected chi connectivity index (χ4v) is 3.45. The largest absolute Gasteiger partial charge is 0.308 e. The van der Waals surface area contributed by atoms with Gasteiger partial charge in [-0.15, -0.1) is 10.2 Å². The lowest BCUT2D eigenvalue weighted by atomic mass is 10.1. The molecule has 1 unspecified atom stereocenters. The predicted molar refractivity (Wildman–Crippen MR) is 101 cm³/mol. The van der Waals surface area contributed by atoms with Crippen molar-refractivity contribution in [1.82, 2.24) is 24.9 Å². The van der Waals surface area contributed by atoms with Crippen molar-refractivity contribution in [3.8, 4) is 11.1 Å². The Bertz CT molecular complexity index is 950. The molecular weight excluding hydrogens is 328 g/mol. The molecule has 134 valence electrons. The summed E-state index contributed by atoms with van der Waals surface area (Å²) in [6.45, 7) is 3.54. The maximum Gasteiger partial charge on any atom is 0.239 e. The van der Waals surface area contributed by atoms with Gasteiger partial charge in [0.2, 0.25) is 5.91 Å². The summed E-state index contributed by atoms with van der Waals surface area (Å²) in [6, 6.07) is 8.31. The van der Waals surface area contributed by atoms with Crippen LogP contribution in [-0.4, -0.2) is 49.9 Å². The molecule has 1 saturated heterocycles. The van der Waals surface area contributed by atoms with Crippen LogP contribution in [0.25, 0.3) is 22.0 Å². The summed E-state index contributed by atoms with van der Waals surface area (Å²) in [5, 5.41) is 16.4. The normalized spacial score (nSPS) is 17.7. The molecule has 0 aliphatic carbocycles. The Morgan fingerprint density at radius 2 is 2.15 bits per heavy atom. The van der Waals surface area contributed by atoms with Crippen molar-refractivity contribution in [3.05, 3.63) is 36.7 Å². The highest BCUT2D eigenvalue weighted by molar-refractivity contribution is 5.93. The maximum absolute atomic E-state index is 12.3. The van der Waals surface area contributed by atoms with Crippen molar-refractivity contribution in [3.63, 3.8) is 0 Å². The van der Waals surface area contributed by atoms with E-state index >= 15 is 0 Å². The third-order valence-corrected chi connectivity index (χ3v) is 4.93. The molecule has 1 fully saturated rings. The molecule has 0 radical (unpaired) electrons. The molecule has 3 heterocycles. The molecule has 2 aromatic heterocycles. The van der Waals surface area contributed by atoms with Crippen LogP contribution in [0.2, 0.25) is 0 Å². The van der Waals surface area contributed by atoms with E-state index in [-0.39, 0.29) is 5.91 Å². The Morgan fingerprint density at radius 1 is 1.27 bits per heavy atom. The number of likely N-dealkylation sites (tertiary alicyclic amines) is 1. The number of amides is 1. The molecule has 1 aromatic carbocycles. The van der Waals surface area contributed by atoms with E-state index in [1.807, 2.05) is 43.7 Å². The number of benzene rings is 1. The average Bonchev–Trinajstić information content (AvgIpc) is 3.23. The molecule has 7 heteroatoms. The van der Waals surface area contributed by atoms with Gasteiger partial charge >= 0.3 is 0 Å². The highest BCUT2D eigenvalue weighted by Gasteiger charge is 2.22. The van der Waals surface area contributed by atoms with Gasteiger partial charge in [0, 0.05) is 30.2 Å². The van der Waals surface area contributed by atoms with Gasteiger partial charge in [0.15, 0.2) is 5.82 Å².